The van der Waals surface area contributed by atoms with Gasteiger partial charge < -0.3 is 10.6 Å². The molecule has 0 saturated heterocycles. The van der Waals surface area contributed by atoms with Crippen molar-refractivity contribution in [2.75, 3.05) is 10.6 Å². The summed E-state index contributed by atoms with van der Waals surface area (Å²) in [6.45, 7) is 11.5. The Balaban J connectivity index is 2.02. The number of carbonyl (C=O) groups is 2. The summed E-state index contributed by atoms with van der Waals surface area (Å²) >= 11 is 0. The highest BCUT2D eigenvalue weighted by Crippen LogP contribution is 2.26. The fourth-order valence-corrected chi connectivity index (χ4v) is 3.12. The monoisotopic (exact) mass is 393 g/mol. The highest BCUT2D eigenvalue weighted by atomic mass is 16.2. The van der Waals surface area contributed by atoms with E-state index in [1.807, 2.05) is 57.5 Å². The quantitative estimate of drug-likeness (QED) is 0.660. The molecule has 29 heavy (non-hydrogen) atoms. The Bertz CT molecular complexity index is 1080. The lowest BCUT2D eigenvalue weighted by atomic mass is 10.0. The van der Waals surface area contributed by atoms with Gasteiger partial charge in [-0.1, -0.05) is 19.9 Å². The molecule has 3 rings (SSSR count). The average Bonchev–Trinajstić information content (AvgIpc) is 3.07. The molecule has 7 nitrogen and oxygen atoms in total. The largest absolute Gasteiger partial charge is 0.326 e. The number of aromatic nitrogens is 3. The Kier molecular flexibility index (Phi) is 5.68. The Morgan fingerprint density at radius 3 is 2.41 bits per heavy atom. The van der Waals surface area contributed by atoms with Crippen molar-refractivity contribution in [3.63, 3.8) is 0 Å². The van der Waals surface area contributed by atoms with Gasteiger partial charge in [0.15, 0.2) is 5.65 Å². The Morgan fingerprint density at radius 1 is 1.07 bits per heavy atom. The molecule has 0 saturated carbocycles. The van der Waals surface area contributed by atoms with Crippen LogP contribution in [0.5, 0.6) is 0 Å². The molecule has 0 spiro atoms. The van der Waals surface area contributed by atoms with Gasteiger partial charge >= 0.3 is 0 Å². The predicted octanol–water partition coefficient (Wildman–Crippen LogP) is 4.65. The molecule has 0 atom stereocenters. The highest BCUT2D eigenvalue weighted by molar-refractivity contribution is 6.12. The molecule has 0 aliphatic carbocycles. The van der Waals surface area contributed by atoms with Crippen LogP contribution in [0, 0.1) is 6.92 Å². The standard InChI is InChI=1S/C22H27N5O2/c1-12(2)19-10-17(18-11-23-27(13(3)4)21(18)26-19)22(29)25-16-8-7-14(5)20(9-16)24-15(6)28/h7-13H,1-6H3,(H,24,28)(H,25,29). The molecule has 0 fully saturated rings. The molecule has 0 aliphatic heterocycles. The lowest BCUT2D eigenvalue weighted by Crippen LogP contribution is -2.15. The van der Waals surface area contributed by atoms with Crippen LogP contribution in [0.4, 0.5) is 11.4 Å². The summed E-state index contributed by atoms with van der Waals surface area (Å²) in [5.74, 6) is -0.220. The minimum absolute atomic E-state index is 0.135. The fourth-order valence-electron chi connectivity index (χ4n) is 3.12. The molecular formula is C22H27N5O2. The summed E-state index contributed by atoms with van der Waals surface area (Å²) in [7, 11) is 0. The van der Waals surface area contributed by atoms with Crippen molar-refractivity contribution in [3.05, 3.63) is 47.3 Å². The van der Waals surface area contributed by atoms with E-state index in [9.17, 15) is 9.59 Å². The van der Waals surface area contributed by atoms with Gasteiger partial charge in [0, 0.05) is 30.0 Å². The topological polar surface area (TPSA) is 88.9 Å². The minimum atomic E-state index is -0.236. The van der Waals surface area contributed by atoms with E-state index in [1.54, 1.807) is 12.3 Å². The molecule has 152 valence electrons. The molecule has 2 aromatic heterocycles. The molecule has 0 bridgehead atoms. The van der Waals surface area contributed by atoms with E-state index >= 15 is 0 Å². The second kappa shape index (κ2) is 8.03. The van der Waals surface area contributed by atoms with Gasteiger partial charge in [-0.05, 0) is 50.5 Å². The number of hydrogen-bond donors (Lipinski definition) is 2. The molecule has 3 aromatic rings. The van der Waals surface area contributed by atoms with Gasteiger partial charge in [0.05, 0.1) is 17.1 Å². The number of benzene rings is 1. The van der Waals surface area contributed by atoms with Gasteiger partial charge in [0.1, 0.15) is 0 Å². The Hall–Kier alpha value is -3.22. The zero-order valence-corrected chi connectivity index (χ0v) is 17.7. The van der Waals surface area contributed by atoms with Crippen molar-refractivity contribution >= 4 is 34.2 Å². The summed E-state index contributed by atoms with van der Waals surface area (Å²) in [6.07, 6.45) is 1.69. The van der Waals surface area contributed by atoms with Gasteiger partial charge in [0.25, 0.3) is 5.91 Å². The number of amides is 2. The number of nitrogens with zero attached hydrogens (tertiary/aromatic N) is 3. The van der Waals surface area contributed by atoms with Crippen LogP contribution in [-0.4, -0.2) is 26.6 Å². The van der Waals surface area contributed by atoms with Gasteiger partial charge in [0.2, 0.25) is 5.91 Å². The SMILES string of the molecule is CC(=O)Nc1cc(NC(=O)c2cc(C(C)C)nc3c2cnn3C(C)C)ccc1C. The van der Waals surface area contributed by atoms with E-state index in [0.29, 0.717) is 22.6 Å². The first kappa shape index (κ1) is 20.5. The van der Waals surface area contributed by atoms with Gasteiger partial charge in [-0.3, -0.25) is 9.59 Å². The molecule has 7 heteroatoms. The van der Waals surface area contributed by atoms with Gasteiger partial charge in [-0.15, -0.1) is 0 Å². The molecular weight excluding hydrogens is 366 g/mol. The average molecular weight is 393 g/mol. The molecule has 2 heterocycles. The van der Waals surface area contributed by atoms with Crippen LogP contribution in [0.2, 0.25) is 0 Å². The number of nitrogens with one attached hydrogen (secondary N) is 2. The van der Waals surface area contributed by atoms with E-state index in [4.69, 9.17) is 4.98 Å². The van der Waals surface area contributed by atoms with Crippen LogP contribution < -0.4 is 10.6 Å². The van der Waals surface area contributed by atoms with Crippen molar-refractivity contribution in [2.45, 2.75) is 53.5 Å². The maximum atomic E-state index is 13.1. The molecule has 0 aliphatic rings. The van der Waals surface area contributed by atoms with Crippen LogP contribution in [0.25, 0.3) is 11.0 Å². The minimum Gasteiger partial charge on any atom is -0.326 e. The first-order valence-electron chi connectivity index (χ1n) is 9.75. The first-order chi connectivity index (χ1) is 13.7. The van der Waals surface area contributed by atoms with E-state index < -0.39 is 0 Å². The number of pyridine rings is 1. The van der Waals surface area contributed by atoms with E-state index in [-0.39, 0.29) is 23.8 Å². The number of fused-ring (bicyclic) bond motifs is 1. The smallest absolute Gasteiger partial charge is 0.256 e. The lowest BCUT2D eigenvalue weighted by Gasteiger charge is -2.13. The highest BCUT2D eigenvalue weighted by Gasteiger charge is 2.19. The normalized spacial score (nSPS) is 11.3. The summed E-state index contributed by atoms with van der Waals surface area (Å²) < 4.78 is 1.83. The summed E-state index contributed by atoms with van der Waals surface area (Å²) in [5.41, 5.74) is 4.28. The third-order valence-corrected chi connectivity index (χ3v) is 4.72. The maximum absolute atomic E-state index is 13.1. The van der Waals surface area contributed by atoms with Crippen LogP contribution >= 0.6 is 0 Å². The Morgan fingerprint density at radius 2 is 1.79 bits per heavy atom. The summed E-state index contributed by atoms with van der Waals surface area (Å²) in [4.78, 5) is 29.3. The van der Waals surface area contributed by atoms with Crippen molar-refractivity contribution in [3.8, 4) is 0 Å². The van der Waals surface area contributed by atoms with Crippen molar-refractivity contribution in [1.29, 1.82) is 0 Å². The van der Waals surface area contributed by atoms with Crippen molar-refractivity contribution < 1.29 is 9.59 Å². The summed E-state index contributed by atoms with van der Waals surface area (Å²) in [6, 6.07) is 7.40. The van der Waals surface area contributed by atoms with Gasteiger partial charge in [-0.2, -0.15) is 5.10 Å². The predicted molar refractivity (Wildman–Crippen MR) is 115 cm³/mol. The number of aryl methyl sites for hydroxylation is 1. The third-order valence-electron chi connectivity index (χ3n) is 4.72. The van der Waals surface area contributed by atoms with Crippen LogP contribution in [-0.2, 0) is 4.79 Å². The summed E-state index contributed by atoms with van der Waals surface area (Å²) in [5, 5.41) is 10.9. The molecule has 0 radical (unpaired) electrons. The number of carbonyl (C=O) groups excluding carboxylic acids is 2. The second-order valence-corrected chi connectivity index (χ2v) is 7.83. The first-order valence-corrected chi connectivity index (χ1v) is 9.75. The number of anilines is 2. The third kappa shape index (κ3) is 4.29. The number of rotatable bonds is 5. The lowest BCUT2D eigenvalue weighted by molar-refractivity contribution is -0.114. The molecule has 2 N–H and O–H groups in total. The molecule has 1 aromatic carbocycles. The maximum Gasteiger partial charge on any atom is 0.256 e. The zero-order valence-electron chi connectivity index (χ0n) is 17.7. The van der Waals surface area contributed by atoms with Crippen LogP contribution in [0.15, 0.2) is 30.5 Å². The zero-order chi connectivity index (χ0) is 21.3. The fraction of sp³-hybridized carbons (Fsp3) is 0.364. The van der Waals surface area contributed by atoms with E-state index in [1.165, 1.54) is 6.92 Å². The van der Waals surface area contributed by atoms with Crippen molar-refractivity contribution in [1.82, 2.24) is 14.8 Å². The Labute approximate surface area is 170 Å². The van der Waals surface area contributed by atoms with Crippen LogP contribution in [0.1, 0.15) is 68.2 Å². The number of hydrogen-bond acceptors (Lipinski definition) is 4. The molecule has 2 amide bonds. The van der Waals surface area contributed by atoms with E-state index in [2.05, 4.69) is 15.7 Å². The second-order valence-electron chi connectivity index (χ2n) is 7.83. The van der Waals surface area contributed by atoms with Gasteiger partial charge in [-0.25, -0.2) is 9.67 Å². The van der Waals surface area contributed by atoms with Crippen molar-refractivity contribution in [2.24, 2.45) is 0 Å². The van der Waals surface area contributed by atoms with E-state index in [0.717, 1.165) is 16.6 Å². The molecule has 0 unspecified atom stereocenters. The van der Waals surface area contributed by atoms with Crippen LogP contribution in [0.3, 0.4) is 0 Å².